The molecule has 0 atom stereocenters. The molecule has 6 nitrogen and oxygen atoms in total. The number of benzene rings is 2. The molecular weight excluding hydrogens is 480 g/mol. The minimum absolute atomic E-state index is 0.266. The van der Waals surface area contributed by atoms with Crippen LogP contribution in [0.1, 0.15) is 21.7 Å². The fourth-order valence-corrected chi connectivity index (χ4v) is 4.04. The molecule has 1 amide bonds. The summed E-state index contributed by atoms with van der Waals surface area (Å²) >= 11 is 24.7. The second kappa shape index (κ2) is 8.93. The third-order valence-corrected chi connectivity index (χ3v) is 5.88. The second-order valence-corrected chi connectivity index (χ2v) is 8.43. The largest absolute Gasteiger partial charge is 0.304 e. The number of carbonyl (C=O) groups excluding carboxylic acids is 1. The zero-order valence-corrected chi connectivity index (χ0v) is 19.1. The fourth-order valence-electron chi connectivity index (χ4n) is 3.02. The van der Waals surface area contributed by atoms with E-state index in [1.54, 1.807) is 53.2 Å². The van der Waals surface area contributed by atoms with Crippen LogP contribution in [-0.4, -0.2) is 25.9 Å². The molecule has 0 aliphatic carbocycles. The topological polar surface area (TPSA) is 75.6 Å². The van der Waals surface area contributed by atoms with E-state index < -0.39 is 0 Å². The molecule has 0 spiro atoms. The van der Waals surface area contributed by atoms with Gasteiger partial charge in [0, 0.05) is 38.0 Å². The fraction of sp³-hybridized carbons (Fsp3) is 0.0952. The Kier molecular flexibility index (Phi) is 6.25. The molecule has 4 aromatic rings. The van der Waals surface area contributed by atoms with E-state index in [9.17, 15) is 4.79 Å². The summed E-state index contributed by atoms with van der Waals surface area (Å²) in [4.78, 5) is 12.7. The van der Waals surface area contributed by atoms with E-state index in [1.807, 2.05) is 6.92 Å². The molecule has 2 aromatic heterocycles. The van der Waals surface area contributed by atoms with Gasteiger partial charge in [-0.2, -0.15) is 10.2 Å². The summed E-state index contributed by atoms with van der Waals surface area (Å²) in [5.41, 5.74) is 3.06. The minimum Gasteiger partial charge on any atom is -0.304 e. The number of carbonyl (C=O) groups is 1. The van der Waals surface area contributed by atoms with E-state index in [1.165, 1.54) is 0 Å². The van der Waals surface area contributed by atoms with Crippen LogP contribution in [0.15, 0.2) is 48.5 Å². The highest BCUT2D eigenvalue weighted by Crippen LogP contribution is 2.29. The van der Waals surface area contributed by atoms with Crippen LogP contribution in [0, 0.1) is 6.92 Å². The summed E-state index contributed by atoms with van der Waals surface area (Å²) in [5.74, 6) is 0.00983. The third kappa shape index (κ3) is 4.72. The molecule has 2 N–H and O–H groups in total. The maximum atomic E-state index is 12.7. The lowest BCUT2D eigenvalue weighted by molar-refractivity contribution is 0.102. The van der Waals surface area contributed by atoms with Crippen molar-refractivity contribution >= 4 is 58.1 Å². The van der Waals surface area contributed by atoms with Crippen molar-refractivity contribution in [1.29, 1.82) is 0 Å². The van der Waals surface area contributed by atoms with Crippen LogP contribution in [-0.2, 0) is 6.54 Å². The van der Waals surface area contributed by atoms with Crippen molar-refractivity contribution in [2.45, 2.75) is 13.5 Å². The quantitative estimate of drug-likeness (QED) is 0.332. The van der Waals surface area contributed by atoms with Gasteiger partial charge in [-0.15, -0.1) is 0 Å². The number of hydrogen-bond donors (Lipinski definition) is 2. The Balaban J connectivity index is 1.51. The van der Waals surface area contributed by atoms with Crippen LogP contribution in [0.5, 0.6) is 0 Å². The molecule has 0 saturated heterocycles. The average molecular weight is 495 g/mol. The predicted octanol–water partition coefficient (Wildman–Crippen LogP) is 6.50. The summed E-state index contributed by atoms with van der Waals surface area (Å²) in [7, 11) is 0. The standard InChI is InChI=1S/C21H15Cl4N5O/c1-11-7-20(29-30(11)10-14-15(23)3-2-4-16(14)24)26-21(31)19-9-18(27-28-19)13-6-5-12(22)8-17(13)25/h2-9H,10H2,1H3,(H,27,28)(H,26,29,31). The molecular formula is C21H15Cl4N5O. The highest BCUT2D eigenvalue weighted by Gasteiger charge is 2.16. The van der Waals surface area contributed by atoms with Gasteiger partial charge in [-0.05, 0) is 43.3 Å². The lowest BCUT2D eigenvalue weighted by atomic mass is 10.1. The first-order chi connectivity index (χ1) is 14.8. The van der Waals surface area contributed by atoms with E-state index in [2.05, 4.69) is 20.6 Å². The first-order valence-electron chi connectivity index (χ1n) is 9.11. The van der Waals surface area contributed by atoms with E-state index >= 15 is 0 Å². The van der Waals surface area contributed by atoms with Gasteiger partial charge in [0.15, 0.2) is 5.82 Å². The van der Waals surface area contributed by atoms with Gasteiger partial charge in [-0.3, -0.25) is 14.6 Å². The Bertz CT molecular complexity index is 1260. The number of halogens is 4. The van der Waals surface area contributed by atoms with Gasteiger partial charge in [-0.25, -0.2) is 0 Å². The zero-order chi connectivity index (χ0) is 22.1. The Morgan fingerprint density at radius 3 is 2.48 bits per heavy atom. The van der Waals surface area contributed by atoms with Crippen molar-refractivity contribution in [3.63, 3.8) is 0 Å². The number of nitrogens with one attached hydrogen (secondary N) is 2. The SMILES string of the molecule is Cc1cc(NC(=O)c2cc(-c3ccc(Cl)cc3Cl)n[nH]2)nn1Cc1c(Cl)cccc1Cl. The highest BCUT2D eigenvalue weighted by atomic mass is 35.5. The van der Waals surface area contributed by atoms with Crippen LogP contribution in [0.2, 0.25) is 20.1 Å². The first-order valence-corrected chi connectivity index (χ1v) is 10.6. The molecule has 2 heterocycles. The zero-order valence-electron chi connectivity index (χ0n) is 16.1. The lowest BCUT2D eigenvalue weighted by Gasteiger charge is -2.08. The number of amides is 1. The van der Waals surface area contributed by atoms with Crippen molar-refractivity contribution in [2.24, 2.45) is 0 Å². The number of aromatic nitrogens is 4. The third-order valence-electron chi connectivity index (χ3n) is 4.62. The summed E-state index contributed by atoms with van der Waals surface area (Å²) in [5, 5.41) is 16.2. The van der Waals surface area contributed by atoms with Crippen molar-refractivity contribution in [3.8, 4) is 11.3 Å². The second-order valence-electron chi connectivity index (χ2n) is 6.77. The molecule has 4 rings (SSSR count). The van der Waals surface area contributed by atoms with Gasteiger partial charge in [0.2, 0.25) is 0 Å². The summed E-state index contributed by atoms with van der Waals surface area (Å²) in [6.45, 7) is 2.26. The number of nitrogens with zero attached hydrogens (tertiary/aromatic N) is 3. The molecule has 0 saturated carbocycles. The number of H-pyrrole nitrogens is 1. The number of anilines is 1. The van der Waals surface area contributed by atoms with Crippen LogP contribution < -0.4 is 5.32 Å². The van der Waals surface area contributed by atoms with Crippen molar-refractivity contribution in [2.75, 3.05) is 5.32 Å². The van der Waals surface area contributed by atoms with Gasteiger partial charge >= 0.3 is 0 Å². The number of hydrogen-bond acceptors (Lipinski definition) is 3. The predicted molar refractivity (Wildman–Crippen MR) is 125 cm³/mol. The summed E-state index contributed by atoms with van der Waals surface area (Å²) in [6, 6.07) is 13.8. The van der Waals surface area contributed by atoms with Crippen molar-refractivity contribution in [1.82, 2.24) is 20.0 Å². The normalized spacial score (nSPS) is 11.0. The van der Waals surface area contributed by atoms with Gasteiger partial charge in [0.25, 0.3) is 5.91 Å². The molecule has 0 radical (unpaired) electrons. The van der Waals surface area contributed by atoms with Crippen LogP contribution >= 0.6 is 46.4 Å². The molecule has 0 fully saturated rings. The Labute approximate surface area is 198 Å². The van der Waals surface area contributed by atoms with Gasteiger partial charge in [-0.1, -0.05) is 52.5 Å². The Morgan fingerprint density at radius 2 is 1.77 bits per heavy atom. The van der Waals surface area contributed by atoms with Gasteiger partial charge in [0.1, 0.15) is 5.69 Å². The molecule has 0 bridgehead atoms. The van der Waals surface area contributed by atoms with Crippen LogP contribution in [0.4, 0.5) is 5.82 Å². The molecule has 31 heavy (non-hydrogen) atoms. The minimum atomic E-state index is -0.385. The van der Waals surface area contributed by atoms with Gasteiger partial charge < -0.3 is 5.32 Å². The van der Waals surface area contributed by atoms with Crippen LogP contribution in [0.3, 0.4) is 0 Å². The van der Waals surface area contributed by atoms with E-state index in [4.69, 9.17) is 46.4 Å². The molecule has 0 aliphatic rings. The Morgan fingerprint density at radius 1 is 1.03 bits per heavy atom. The molecule has 10 heteroatoms. The smallest absolute Gasteiger partial charge is 0.274 e. The summed E-state index contributed by atoms with van der Waals surface area (Å²) in [6.07, 6.45) is 0. The van der Waals surface area contributed by atoms with E-state index in [0.717, 1.165) is 11.3 Å². The monoisotopic (exact) mass is 493 g/mol. The molecule has 0 aliphatic heterocycles. The summed E-state index contributed by atoms with van der Waals surface area (Å²) < 4.78 is 1.72. The first kappa shape index (κ1) is 21.7. The lowest BCUT2D eigenvalue weighted by Crippen LogP contribution is -2.13. The van der Waals surface area contributed by atoms with Crippen LogP contribution in [0.25, 0.3) is 11.3 Å². The van der Waals surface area contributed by atoms with Crippen molar-refractivity contribution < 1.29 is 4.79 Å². The maximum Gasteiger partial charge on any atom is 0.274 e. The molecule has 0 unspecified atom stereocenters. The maximum absolute atomic E-state index is 12.7. The average Bonchev–Trinajstić information content (AvgIpc) is 3.32. The van der Waals surface area contributed by atoms with E-state index in [-0.39, 0.29) is 11.6 Å². The van der Waals surface area contributed by atoms with Crippen molar-refractivity contribution in [3.05, 3.63) is 85.6 Å². The number of rotatable bonds is 5. The number of aryl methyl sites for hydroxylation is 1. The number of aromatic amines is 1. The molecule has 158 valence electrons. The molecule has 2 aromatic carbocycles. The highest BCUT2D eigenvalue weighted by molar-refractivity contribution is 6.36. The van der Waals surface area contributed by atoms with Gasteiger partial charge in [0.05, 0.1) is 17.3 Å². The Hall–Kier alpha value is -2.51. The van der Waals surface area contributed by atoms with E-state index in [0.29, 0.717) is 43.7 Å².